The molecule has 0 aliphatic heterocycles. The van der Waals surface area contributed by atoms with Crippen LogP contribution in [0.2, 0.25) is 0 Å². The Bertz CT molecular complexity index is 786. The normalized spacial score (nSPS) is 10.7. The number of ether oxygens (including phenoxy) is 1. The van der Waals surface area contributed by atoms with Crippen LogP contribution in [0.25, 0.3) is 11.2 Å². The molecule has 0 fully saturated rings. The highest BCUT2D eigenvalue weighted by molar-refractivity contribution is 5.94. The van der Waals surface area contributed by atoms with Gasteiger partial charge in [0.25, 0.3) is 0 Å². The van der Waals surface area contributed by atoms with Crippen LogP contribution in [0, 0.1) is 0 Å². The number of nitrogens with two attached hydrogens (primary N) is 1. The van der Waals surface area contributed by atoms with Gasteiger partial charge in [0, 0.05) is 12.6 Å². The molecule has 8 heteroatoms. The fraction of sp³-hybridized carbons (Fsp3) is 0.214. The molecule has 0 saturated carbocycles. The third-order valence-corrected chi connectivity index (χ3v) is 3.01. The maximum atomic E-state index is 11.9. The quantitative estimate of drug-likeness (QED) is 0.521. The van der Waals surface area contributed by atoms with Gasteiger partial charge in [-0.2, -0.15) is 9.97 Å². The molecule has 3 heterocycles. The molecule has 0 aliphatic rings. The van der Waals surface area contributed by atoms with Crippen molar-refractivity contribution in [3.63, 3.8) is 0 Å². The van der Waals surface area contributed by atoms with E-state index in [1.807, 2.05) is 0 Å². The fourth-order valence-electron chi connectivity index (χ4n) is 1.98. The monoisotopic (exact) mass is 298 g/mol. The lowest BCUT2D eigenvalue weighted by Crippen LogP contribution is -2.07. The number of imidazole rings is 1. The zero-order valence-electron chi connectivity index (χ0n) is 11.7. The van der Waals surface area contributed by atoms with Crippen LogP contribution >= 0.6 is 0 Å². The number of rotatable bonds is 6. The number of nitrogen functional groups attached to an aromatic ring is 1. The summed E-state index contributed by atoms with van der Waals surface area (Å²) in [4.78, 5) is 30.8. The molecule has 8 nitrogen and oxygen atoms in total. The van der Waals surface area contributed by atoms with Crippen molar-refractivity contribution < 1.29 is 9.53 Å². The van der Waals surface area contributed by atoms with Crippen molar-refractivity contribution in [3.8, 4) is 5.88 Å². The van der Waals surface area contributed by atoms with Gasteiger partial charge in [-0.05, 0) is 18.6 Å². The van der Waals surface area contributed by atoms with Gasteiger partial charge in [-0.25, -0.2) is 4.98 Å². The Morgan fingerprint density at radius 1 is 1.27 bits per heavy atom. The Morgan fingerprint density at radius 3 is 3.00 bits per heavy atom. The first-order valence-electron chi connectivity index (χ1n) is 6.77. The molecule has 0 aliphatic carbocycles. The number of carbonyl (C=O) groups is 1. The Hall–Kier alpha value is -3.03. The van der Waals surface area contributed by atoms with E-state index in [4.69, 9.17) is 10.5 Å². The molecule has 22 heavy (non-hydrogen) atoms. The van der Waals surface area contributed by atoms with Crippen LogP contribution < -0.4 is 10.5 Å². The Labute approximate surface area is 125 Å². The molecule has 0 aromatic carbocycles. The van der Waals surface area contributed by atoms with Crippen molar-refractivity contribution >= 4 is 22.9 Å². The molecule has 0 saturated heterocycles. The lowest BCUT2D eigenvalue weighted by atomic mass is 10.1. The van der Waals surface area contributed by atoms with Crippen LogP contribution in [0.5, 0.6) is 5.88 Å². The average molecular weight is 298 g/mol. The zero-order valence-corrected chi connectivity index (χ0v) is 11.7. The summed E-state index contributed by atoms with van der Waals surface area (Å²) >= 11 is 0. The first kappa shape index (κ1) is 13.9. The van der Waals surface area contributed by atoms with E-state index < -0.39 is 0 Å². The first-order valence-corrected chi connectivity index (χ1v) is 6.77. The van der Waals surface area contributed by atoms with Gasteiger partial charge in [-0.15, -0.1) is 0 Å². The highest BCUT2D eigenvalue weighted by atomic mass is 16.5. The number of H-pyrrole nitrogens is 1. The lowest BCUT2D eigenvalue weighted by Gasteiger charge is -2.06. The molecule has 0 radical (unpaired) electrons. The number of fused-ring (bicyclic) bond motifs is 1. The minimum absolute atomic E-state index is 0.0157. The summed E-state index contributed by atoms with van der Waals surface area (Å²) in [7, 11) is 0. The molecule has 0 amide bonds. The number of aromatic amines is 1. The van der Waals surface area contributed by atoms with Crippen LogP contribution in [-0.2, 0) is 0 Å². The van der Waals surface area contributed by atoms with Crippen molar-refractivity contribution in [1.82, 2.24) is 24.9 Å². The number of aromatic nitrogens is 5. The highest BCUT2D eigenvalue weighted by Gasteiger charge is 2.10. The predicted octanol–water partition coefficient (Wildman–Crippen LogP) is 1.37. The minimum Gasteiger partial charge on any atom is -0.476 e. The van der Waals surface area contributed by atoms with Crippen molar-refractivity contribution in [3.05, 3.63) is 36.4 Å². The number of nitrogens with one attached hydrogen (secondary N) is 1. The Balaban J connectivity index is 1.57. The number of ketones is 1. The molecule has 3 N–H and O–H groups in total. The standard InChI is InChI=1S/C14H14N6O2/c15-14-19-12-11(17-8-18-12)13(20-14)22-7-3-5-10(21)9-4-1-2-6-16-9/h1-2,4,6,8H,3,5,7H2,(H3,15,17,18,19,20). The number of hydrogen-bond donors (Lipinski definition) is 2. The number of nitrogens with zero attached hydrogens (tertiary/aromatic N) is 4. The van der Waals surface area contributed by atoms with Crippen molar-refractivity contribution in [2.24, 2.45) is 0 Å². The van der Waals surface area contributed by atoms with E-state index in [1.165, 1.54) is 6.33 Å². The smallest absolute Gasteiger partial charge is 0.245 e. The summed E-state index contributed by atoms with van der Waals surface area (Å²) in [6.07, 6.45) is 4.00. The van der Waals surface area contributed by atoms with E-state index in [2.05, 4.69) is 24.9 Å². The Kier molecular flexibility index (Phi) is 3.90. The van der Waals surface area contributed by atoms with Crippen LogP contribution in [0.3, 0.4) is 0 Å². The zero-order chi connectivity index (χ0) is 15.4. The third-order valence-electron chi connectivity index (χ3n) is 3.01. The number of pyridine rings is 1. The summed E-state index contributed by atoms with van der Waals surface area (Å²) in [6, 6.07) is 5.26. The van der Waals surface area contributed by atoms with E-state index in [0.29, 0.717) is 42.2 Å². The van der Waals surface area contributed by atoms with Gasteiger partial charge >= 0.3 is 0 Å². The molecular formula is C14H14N6O2. The number of hydrogen-bond acceptors (Lipinski definition) is 7. The number of carbonyl (C=O) groups excluding carboxylic acids is 1. The molecule has 0 atom stereocenters. The largest absolute Gasteiger partial charge is 0.476 e. The summed E-state index contributed by atoms with van der Waals surface area (Å²) < 4.78 is 5.57. The van der Waals surface area contributed by atoms with Gasteiger partial charge in [0.15, 0.2) is 11.4 Å². The summed E-state index contributed by atoms with van der Waals surface area (Å²) in [5, 5.41) is 0. The van der Waals surface area contributed by atoms with E-state index in [9.17, 15) is 4.79 Å². The Morgan fingerprint density at radius 2 is 2.18 bits per heavy atom. The van der Waals surface area contributed by atoms with Gasteiger partial charge in [0.1, 0.15) is 11.2 Å². The second kappa shape index (κ2) is 6.17. The van der Waals surface area contributed by atoms with Crippen molar-refractivity contribution in [1.29, 1.82) is 0 Å². The maximum absolute atomic E-state index is 11.9. The van der Waals surface area contributed by atoms with Gasteiger partial charge in [-0.1, -0.05) is 6.07 Å². The summed E-state index contributed by atoms with van der Waals surface area (Å²) in [5.74, 6) is 0.419. The molecule has 0 unspecified atom stereocenters. The van der Waals surface area contributed by atoms with Gasteiger partial charge < -0.3 is 15.5 Å². The maximum Gasteiger partial charge on any atom is 0.245 e. The van der Waals surface area contributed by atoms with Crippen LogP contribution in [0.4, 0.5) is 5.95 Å². The molecule has 0 bridgehead atoms. The fourth-order valence-corrected chi connectivity index (χ4v) is 1.98. The van der Waals surface area contributed by atoms with Crippen LogP contribution in [-0.4, -0.2) is 37.3 Å². The summed E-state index contributed by atoms with van der Waals surface area (Å²) in [6.45, 7) is 0.336. The van der Waals surface area contributed by atoms with E-state index in [0.717, 1.165) is 0 Å². The highest BCUT2D eigenvalue weighted by Crippen LogP contribution is 2.19. The van der Waals surface area contributed by atoms with Crippen LogP contribution in [0.1, 0.15) is 23.3 Å². The van der Waals surface area contributed by atoms with Gasteiger partial charge in [0.2, 0.25) is 11.8 Å². The number of anilines is 1. The van der Waals surface area contributed by atoms with E-state index >= 15 is 0 Å². The second-order valence-corrected chi connectivity index (χ2v) is 4.58. The first-order chi connectivity index (χ1) is 10.7. The SMILES string of the molecule is Nc1nc(OCCCC(=O)c2ccccn2)c2[nH]cnc2n1. The van der Waals surface area contributed by atoms with E-state index in [1.54, 1.807) is 24.4 Å². The molecule has 3 aromatic heterocycles. The second-order valence-electron chi connectivity index (χ2n) is 4.58. The molecule has 3 aromatic rings. The average Bonchev–Trinajstić information content (AvgIpc) is 3.00. The van der Waals surface area contributed by atoms with Gasteiger partial charge in [0.05, 0.1) is 12.9 Å². The topological polar surface area (TPSA) is 120 Å². The van der Waals surface area contributed by atoms with Crippen molar-refractivity contribution in [2.45, 2.75) is 12.8 Å². The predicted molar refractivity (Wildman–Crippen MR) is 79.4 cm³/mol. The van der Waals surface area contributed by atoms with E-state index in [-0.39, 0.29) is 11.7 Å². The van der Waals surface area contributed by atoms with Crippen molar-refractivity contribution in [2.75, 3.05) is 12.3 Å². The molecule has 3 rings (SSSR count). The number of Topliss-reactive ketones (excluding diaryl/α,β-unsaturated/α-hetero) is 1. The minimum atomic E-state index is -0.0157. The van der Waals surface area contributed by atoms with Gasteiger partial charge in [-0.3, -0.25) is 9.78 Å². The molecular weight excluding hydrogens is 284 g/mol. The van der Waals surface area contributed by atoms with Crippen LogP contribution in [0.15, 0.2) is 30.7 Å². The molecule has 112 valence electrons. The third kappa shape index (κ3) is 3.00. The molecule has 0 spiro atoms. The lowest BCUT2D eigenvalue weighted by molar-refractivity contribution is 0.0968. The summed E-state index contributed by atoms with van der Waals surface area (Å²) in [5.41, 5.74) is 7.10.